The molecule has 1 fully saturated rings. The van der Waals surface area contributed by atoms with Gasteiger partial charge in [0, 0.05) is 25.1 Å². The smallest absolute Gasteiger partial charge is 0.355 e. The molecule has 1 aliphatic heterocycles. The first kappa shape index (κ1) is 33.2. The van der Waals surface area contributed by atoms with Gasteiger partial charge < -0.3 is 30.5 Å². The molecule has 2 rings (SSSR count). The maximum absolute atomic E-state index is 13.2. The molecule has 3 atom stereocenters. The van der Waals surface area contributed by atoms with Gasteiger partial charge in [0.25, 0.3) is 5.91 Å². The van der Waals surface area contributed by atoms with E-state index in [0.29, 0.717) is 32.7 Å². The predicted octanol–water partition coefficient (Wildman–Crippen LogP) is 0.575. The van der Waals surface area contributed by atoms with E-state index >= 15 is 0 Å². The highest BCUT2D eigenvalue weighted by Crippen LogP contribution is 2.16. The van der Waals surface area contributed by atoms with Crippen LogP contribution in [0.15, 0.2) is 30.3 Å². The SMILES string of the molecule is O=C(CN1CCOCC1)N[C@@H](CCc1ccccc1)C(=O)NC(SOC(F)F)C(=O)N[C@@H](COC(F)F)C(=O)O. The Morgan fingerprint density at radius 1 is 0.950 bits per heavy atom. The molecule has 0 aliphatic carbocycles. The molecule has 1 saturated heterocycles. The molecule has 17 heteroatoms. The minimum atomic E-state index is -3.38. The van der Waals surface area contributed by atoms with Crippen LogP contribution in [0.3, 0.4) is 0 Å². The van der Waals surface area contributed by atoms with E-state index < -0.39 is 61.0 Å². The summed E-state index contributed by atoms with van der Waals surface area (Å²) in [6.45, 7) is -6.04. The fraction of sp³-hybridized carbons (Fsp3) is 0.565. The van der Waals surface area contributed by atoms with Crippen molar-refractivity contribution in [2.75, 3.05) is 39.5 Å². The van der Waals surface area contributed by atoms with Crippen molar-refractivity contribution in [3.63, 3.8) is 0 Å². The quantitative estimate of drug-likeness (QED) is 0.114. The summed E-state index contributed by atoms with van der Waals surface area (Å²) in [6, 6.07) is 5.70. The number of aliphatic carboxylic acids is 1. The van der Waals surface area contributed by atoms with Crippen molar-refractivity contribution in [2.45, 2.75) is 43.5 Å². The van der Waals surface area contributed by atoms with Gasteiger partial charge in [-0.15, -0.1) is 0 Å². The minimum Gasteiger partial charge on any atom is -0.480 e. The number of hydrogen-bond acceptors (Lipinski definition) is 9. The van der Waals surface area contributed by atoms with Crippen LogP contribution in [-0.4, -0.2) is 104 Å². The topological polar surface area (TPSA) is 156 Å². The summed E-state index contributed by atoms with van der Waals surface area (Å²) >= 11 is -0.187. The number of carbonyl (C=O) groups is 4. The minimum absolute atomic E-state index is 0.0456. The van der Waals surface area contributed by atoms with Crippen molar-refractivity contribution in [1.29, 1.82) is 0 Å². The van der Waals surface area contributed by atoms with Crippen LogP contribution < -0.4 is 16.0 Å². The number of ether oxygens (including phenoxy) is 2. The molecule has 1 aromatic carbocycles. The Hall–Kier alpha value is -2.99. The zero-order chi connectivity index (χ0) is 29.5. The number of hydrogen-bond donors (Lipinski definition) is 4. The molecule has 1 aromatic rings. The summed E-state index contributed by atoms with van der Waals surface area (Å²) in [7, 11) is 0. The summed E-state index contributed by atoms with van der Waals surface area (Å²) in [4.78, 5) is 51.6. The fourth-order valence-corrected chi connectivity index (χ4v) is 3.99. The van der Waals surface area contributed by atoms with Crippen LogP contribution in [0.2, 0.25) is 0 Å². The largest absolute Gasteiger partial charge is 0.480 e. The number of rotatable bonds is 17. The van der Waals surface area contributed by atoms with Crippen LogP contribution in [-0.2, 0) is 39.3 Å². The van der Waals surface area contributed by atoms with Gasteiger partial charge in [0.05, 0.1) is 26.4 Å². The molecule has 4 N–H and O–H groups in total. The molecule has 1 heterocycles. The number of benzene rings is 1. The van der Waals surface area contributed by atoms with Crippen molar-refractivity contribution in [2.24, 2.45) is 0 Å². The van der Waals surface area contributed by atoms with E-state index in [9.17, 15) is 41.8 Å². The van der Waals surface area contributed by atoms with Gasteiger partial charge >= 0.3 is 19.2 Å². The van der Waals surface area contributed by atoms with Crippen molar-refractivity contribution in [3.8, 4) is 0 Å². The predicted molar refractivity (Wildman–Crippen MR) is 132 cm³/mol. The maximum Gasteiger partial charge on any atom is 0.355 e. The fourth-order valence-electron chi connectivity index (χ4n) is 3.48. The number of morpholine rings is 1. The normalized spacial score (nSPS) is 16.2. The Balaban J connectivity index is 2.14. The van der Waals surface area contributed by atoms with E-state index in [-0.39, 0.29) is 25.0 Å². The lowest BCUT2D eigenvalue weighted by atomic mass is 10.0. The number of aryl methyl sites for hydroxylation is 1. The molecule has 3 amide bonds. The molecular formula is C23H30F4N4O8S. The molecule has 0 bridgehead atoms. The summed E-state index contributed by atoms with van der Waals surface area (Å²) < 4.78 is 63.3. The lowest BCUT2D eigenvalue weighted by Gasteiger charge is -2.27. The van der Waals surface area contributed by atoms with Gasteiger partial charge in [0.2, 0.25) is 11.8 Å². The Bertz CT molecular complexity index is 960. The molecule has 0 spiro atoms. The van der Waals surface area contributed by atoms with E-state index in [4.69, 9.17) is 4.74 Å². The maximum atomic E-state index is 13.2. The zero-order valence-corrected chi connectivity index (χ0v) is 21.9. The third-order valence-electron chi connectivity index (χ3n) is 5.43. The van der Waals surface area contributed by atoms with Crippen LogP contribution in [0, 0.1) is 0 Å². The summed E-state index contributed by atoms with van der Waals surface area (Å²) in [5.74, 6) is -4.56. The first-order valence-electron chi connectivity index (χ1n) is 12.0. The Morgan fingerprint density at radius 2 is 1.62 bits per heavy atom. The van der Waals surface area contributed by atoms with Gasteiger partial charge in [0.15, 0.2) is 11.4 Å². The van der Waals surface area contributed by atoms with Crippen LogP contribution >= 0.6 is 12.0 Å². The third kappa shape index (κ3) is 12.9. The van der Waals surface area contributed by atoms with E-state index in [2.05, 4.69) is 19.6 Å². The molecular weight excluding hydrogens is 568 g/mol. The van der Waals surface area contributed by atoms with Crippen molar-refractivity contribution in [1.82, 2.24) is 20.9 Å². The molecule has 12 nitrogen and oxygen atoms in total. The monoisotopic (exact) mass is 598 g/mol. The van der Waals surface area contributed by atoms with Crippen molar-refractivity contribution < 1.29 is 55.5 Å². The second-order valence-electron chi connectivity index (χ2n) is 8.37. The molecule has 1 unspecified atom stereocenters. The van der Waals surface area contributed by atoms with Gasteiger partial charge in [0.1, 0.15) is 6.04 Å². The number of alkyl halides is 4. The number of nitrogens with one attached hydrogen (secondary N) is 3. The average molecular weight is 599 g/mol. The number of nitrogens with zero attached hydrogens (tertiary/aromatic N) is 1. The number of carbonyl (C=O) groups excluding carboxylic acids is 3. The van der Waals surface area contributed by atoms with Crippen LogP contribution in [0.4, 0.5) is 17.6 Å². The first-order valence-corrected chi connectivity index (χ1v) is 12.8. The molecule has 40 heavy (non-hydrogen) atoms. The number of carboxylic acids is 1. The van der Waals surface area contributed by atoms with Gasteiger partial charge in [-0.2, -0.15) is 17.6 Å². The summed E-state index contributed by atoms with van der Waals surface area (Å²) in [6.07, 6.45) is 0.375. The lowest BCUT2D eigenvalue weighted by molar-refractivity contribution is -0.156. The highest BCUT2D eigenvalue weighted by molar-refractivity contribution is 7.96. The Kier molecular flexibility index (Phi) is 14.7. The number of halogens is 4. The zero-order valence-electron chi connectivity index (χ0n) is 21.1. The third-order valence-corrected chi connectivity index (χ3v) is 6.21. The van der Waals surface area contributed by atoms with Crippen LogP contribution in [0.1, 0.15) is 12.0 Å². The van der Waals surface area contributed by atoms with E-state index in [1.165, 1.54) is 0 Å². The second-order valence-corrected chi connectivity index (χ2v) is 9.22. The number of amides is 3. The van der Waals surface area contributed by atoms with Crippen molar-refractivity contribution in [3.05, 3.63) is 35.9 Å². The van der Waals surface area contributed by atoms with Crippen LogP contribution in [0.5, 0.6) is 0 Å². The molecule has 1 aliphatic rings. The van der Waals surface area contributed by atoms with Crippen molar-refractivity contribution >= 4 is 35.7 Å². The van der Waals surface area contributed by atoms with E-state index in [1.54, 1.807) is 35.2 Å². The standard InChI is InChI=1S/C23H30F4N4O8S/c24-22(25)38-13-16(21(35)36)29-19(34)20(40-39-23(26)27)30-18(33)15(7-6-14-4-2-1-3-5-14)28-17(32)12-31-8-10-37-11-9-31/h1-5,15-16,20,22-23H,6-13H2,(H,28,32)(H,29,34)(H,30,33)(H,35,36)/t15-,16-,20?/m0/s1. The molecule has 0 radical (unpaired) electrons. The highest BCUT2D eigenvalue weighted by atomic mass is 32.2. The van der Waals surface area contributed by atoms with Gasteiger partial charge in [-0.1, -0.05) is 30.3 Å². The molecule has 224 valence electrons. The second kappa shape index (κ2) is 17.6. The van der Waals surface area contributed by atoms with E-state index in [1.807, 2.05) is 5.32 Å². The Labute approximate surface area is 231 Å². The van der Waals surface area contributed by atoms with Gasteiger partial charge in [-0.25, -0.2) is 8.98 Å². The van der Waals surface area contributed by atoms with Crippen LogP contribution in [0.25, 0.3) is 0 Å². The average Bonchev–Trinajstić information content (AvgIpc) is 2.91. The highest BCUT2D eigenvalue weighted by Gasteiger charge is 2.32. The molecule has 0 aromatic heterocycles. The molecule has 0 saturated carbocycles. The Morgan fingerprint density at radius 3 is 2.23 bits per heavy atom. The van der Waals surface area contributed by atoms with Gasteiger partial charge in [-0.3, -0.25) is 19.3 Å². The number of carboxylic acid groups (broad SMARTS) is 1. The summed E-state index contributed by atoms with van der Waals surface area (Å²) in [5.41, 5.74) is 0.829. The van der Waals surface area contributed by atoms with Gasteiger partial charge in [-0.05, 0) is 18.4 Å². The first-order chi connectivity index (χ1) is 19.0. The summed E-state index contributed by atoms with van der Waals surface area (Å²) in [5, 5.41) is 13.8. The lowest BCUT2D eigenvalue weighted by Crippen LogP contribution is -2.56. The van der Waals surface area contributed by atoms with E-state index in [0.717, 1.165) is 5.56 Å².